The molecule has 0 unspecified atom stereocenters. The second-order valence-electron chi connectivity index (χ2n) is 4.82. The SMILES string of the molecule is CC(=O)N1CCC[C@H]1c1cccc(CCC(=O)O)n1. The highest BCUT2D eigenvalue weighted by Crippen LogP contribution is 2.30. The fourth-order valence-corrected chi connectivity index (χ4v) is 2.51. The maximum atomic E-state index is 11.6. The summed E-state index contributed by atoms with van der Waals surface area (Å²) < 4.78 is 0. The van der Waals surface area contributed by atoms with E-state index < -0.39 is 5.97 Å². The molecule has 1 saturated heterocycles. The zero-order chi connectivity index (χ0) is 13.8. The van der Waals surface area contributed by atoms with E-state index in [0.717, 1.165) is 30.8 Å². The number of carbonyl (C=O) groups excluding carboxylic acids is 1. The van der Waals surface area contributed by atoms with Gasteiger partial charge in [-0.3, -0.25) is 14.6 Å². The number of aromatic nitrogens is 1. The van der Waals surface area contributed by atoms with Gasteiger partial charge in [0.05, 0.1) is 18.2 Å². The predicted octanol–water partition coefficient (Wildman–Crippen LogP) is 1.78. The Balaban J connectivity index is 2.13. The van der Waals surface area contributed by atoms with Gasteiger partial charge < -0.3 is 10.0 Å². The lowest BCUT2D eigenvalue weighted by Crippen LogP contribution is -2.28. The molecule has 0 aliphatic carbocycles. The van der Waals surface area contributed by atoms with Crippen LogP contribution in [0.2, 0.25) is 0 Å². The summed E-state index contributed by atoms with van der Waals surface area (Å²) in [4.78, 5) is 28.5. The van der Waals surface area contributed by atoms with E-state index in [1.54, 1.807) is 6.92 Å². The lowest BCUT2D eigenvalue weighted by Gasteiger charge is -2.23. The molecule has 1 aromatic rings. The van der Waals surface area contributed by atoms with E-state index in [-0.39, 0.29) is 18.4 Å². The molecule has 1 N–H and O–H groups in total. The first-order chi connectivity index (χ1) is 9.08. The van der Waals surface area contributed by atoms with Crippen LogP contribution in [0.3, 0.4) is 0 Å². The van der Waals surface area contributed by atoms with Crippen molar-refractivity contribution in [2.24, 2.45) is 0 Å². The van der Waals surface area contributed by atoms with E-state index in [4.69, 9.17) is 5.11 Å². The monoisotopic (exact) mass is 262 g/mol. The van der Waals surface area contributed by atoms with Gasteiger partial charge >= 0.3 is 5.97 Å². The van der Waals surface area contributed by atoms with Crippen molar-refractivity contribution < 1.29 is 14.7 Å². The Morgan fingerprint density at radius 1 is 1.47 bits per heavy atom. The van der Waals surface area contributed by atoms with Crippen molar-refractivity contribution in [1.82, 2.24) is 9.88 Å². The number of hydrogen-bond donors (Lipinski definition) is 1. The summed E-state index contributed by atoms with van der Waals surface area (Å²) in [7, 11) is 0. The van der Waals surface area contributed by atoms with Crippen molar-refractivity contribution >= 4 is 11.9 Å². The Hall–Kier alpha value is -1.91. The van der Waals surface area contributed by atoms with Crippen LogP contribution in [-0.2, 0) is 16.0 Å². The molecule has 102 valence electrons. The second kappa shape index (κ2) is 5.82. The minimum atomic E-state index is -0.821. The third-order valence-electron chi connectivity index (χ3n) is 3.42. The number of amides is 1. The zero-order valence-electron chi connectivity index (χ0n) is 11.0. The number of aryl methyl sites for hydroxylation is 1. The van der Waals surface area contributed by atoms with E-state index in [1.165, 1.54) is 0 Å². The number of rotatable bonds is 4. The summed E-state index contributed by atoms with van der Waals surface area (Å²) >= 11 is 0. The van der Waals surface area contributed by atoms with Gasteiger partial charge in [-0.2, -0.15) is 0 Å². The summed E-state index contributed by atoms with van der Waals surface area (Å²) in [6.07, 6.45) is 2.42. The molecule has 0 spiro atoms. The Morgan fingerprint density at radius 2 is 2.26 bits per heavy atom. The molecule has 5 nitrogen and oxygen atoms in total. The van der Waals surface area contributed by atoms with Gasteiger partial charge in [-0.25, -0.2) is 0 Å². The Morgan fingerprint density at radius 3 is 2.95 bits per heavy atom. The first-order valence-electron chi connectivity index (χ1n) is 6.53. The highest BCUT2D eigenvalue weighted by atomic mass is 16.4. The molecule has 0 bridgehead atoms. The molecule has 0 aromatic carbocycles. The minimum Gasteiger partial charge on any atom is -0.481 e. The van der Waals surface area contributed by atoms with E-state index in [0.29, 0.717) is 6.42 Å². The zero-order valence-corrected chi connectivity index (χ0v) is 11.0. The van der Waals surface area contributed by atoms with Crippen LogP contribution >= 0.6 is 0 Å². The van der Waals surface area contributed by atoms with Crippen LogP contribution in [0.1, 0.15) is 43.6 Å². The summed E-state index contributed by atoms with van der Waals surface area (Å²) in [5.74, 6) is -0.751. The molecule has 1 aromatic heterocycles. The fraction of sp³-hybridized carbons (Fsp3) is 0.500. The number of carboxylic acids is 1. The molecule has 2 rings (SSSR count). The normalized spacial score (nSPS) is 18.6. The Bertz CT molecular complexity index is 487. The van der Waals surface area contributed by atoms with Crippen LogP contribution in [0.4, 0.5) is 0 Å². The summed E-state index contributed by atoms with van der Waals surface area (Å²) in [6.45, 7) is 2.35. The molecule has 19 heavy (non-hydrogen) atoms. The van der Waals surface area contributed by atoms with Gasteiger partial charge in [-0.05, 0) is 25.0 Å². The van der Waals surface area contributed by atoms with Crippen LogP contribution in [0.25, 0.3) is 0 Å². The lowest BCUT2D eigenvalue weighted by molar-refractivity contribution is -0.137. The molecule has 1 fully saturated rings. The quantitative estimate of drug-likeness (QED) is 0.898. The molecule has 1 aliphatic rings. The molecular formula is C14H18N2O3. The third-order valence-corrected chi connectivity index (χ3v) is 3.42. The predicted molar refractivity (Wildman–Crippen MR) is 69.6 cm³/mol. The maximum absolute atomic E-state index is 11.6. The standard InChI is InChI=1S/C14H18N2O3/c1-10(17)16-9-3-6-13(16)12-5-2-4-11(15-12)7-8-14(18)19/h2,4-5,13H,3,6-9H2,1H3,(H,18,19)/t13-/m0/s1. The van der Waals surface area contributed by atoms with Crippen molar-refractivity contribution in [3.05, 3.63) is 29.6 Å². The van der Waals surface area contributed by atoms with Crippen molar-refractivity contribution in [2.45, 2.75) is 38.6 Å². The number of carboxylic acid groups (broad SMARTS) is 1. The summed E-state index contributed by atoms with van der Waals surface area (Å²) in [5, 5.41) is 8.69. The van der Waals surface area contributed by atoms with Crippen molar-refractivity contribution in [2.75, 3.05) is 6.54 Å². The van der Waals surface area contributed by atoms with E-state index in [1.807, 2.05) is 23.1 Å². The molecule has 5 heteroatoms. The average molecular weight is 262 g/mol. The van der Waals surface area contributed by atoms with E-state index in [2.05, 4.69) is 4.98 Å². The van der Waals surface area contributed by atoms with Gasteiger partial charge in [0, 0.05) is 25.6 Å². The van der Waals surface area contributed by atoms with Gasteiger partial charge in [0.25, 0.3) is 0 Å². The number of nitrogens with zero attached hydrogens (tertiary/aromatic N) is 2. The van der Waals surface area contributed by atoms with Crippen LogP contribution in [0.5, 0.6) is 0 Å². The number of carbonyl (C=O) groups is 2. The van der Waals surface area contributed by atoms with Crippen LogP contribution in [0.15, 0.2) is 18.2 Å². The topological polar surface area (TPSA) is 70.5 Å². The fourth-order valence-electron chi connectivity index (χ4n) is 2.51. The van der Waals surface area contributed by atoms with Gasteiger partial charge in [0.2, 0.25) is 5.91 Å². The second-order valence-corrected chi connectivity index (χ2v) is 4.82. The van der Waals surface area contributed by atoms with E-state index in [9.17, 15) is 9.59 Å². The number of pyridine rings is 1. The Kier molecular flexibility index (Phi) is 4.14. The van der Waals surface area contributed by atoms with Gasteiger partial charge in [0.15, 0.2) is 0 Å². The van der Waals surface area contributed by atoms with Gasteiger partial charge in [-0.1, -0.05) is 6.07 Å². The first kappa shape index (κ1) is 13.5. The summed E-state index contributed by atoms with van der Waals surface area (Å²) in [6, 6.07) is 5.67. The van der Waals surface area contributed by atoms with Crippen LogP contribution in [-0.4, -0.2) is 33.4 Å². The number of aliphatic carboxylic acids is 1. The minimum absolute atomic E-state index is 0.0438. The smallest absolute Gasteiger partial charge is 0.303 e. The van der Waals surface area contributed by atoms with Crippen LogP contribution in [0, 0.1) is 0 Å². The maximum Gasteiger partial charge on any atom is 0.303 e. The van der Waals surface area contributed by atoms with E-state index >= 15 is 0 Å². The Labute approximate surface area is 112 Å². The third kappa shape index (κ3) is 3.30. The van der Waals surface area contributed by atoms with Gasteiger partial charge in [-0.15, -0.1) is 0 Å². The average Bonchev–Trinajstić information content (AvgIpc) is 2.86. The largest absolute Gasteiger partial charge is 0.481 e. The molecule has 0 radical (unpaired) electrons. The molecule has 1 amide bonds. The van der Waals surface area contributed by atoms with Gasteiger partial charge in [0.1, 0.15) is 0 Å². The lowest BCUT2D eigenvalue weighted by atomic mass is 10.1. The molecule has 1 atom stereocenters. The highest BCUT2D eigenvalue weighted by Gasteiger charge is 2.28. The molecule has 1 aliphatic heterocycles. The van der Waals surface area contributed by atoms with Crippen molar-refractivity contribution in [1.29, 1.82) is 0 Å². The molecule has 2 heterocycles. The highest BCUT2D eigenvalue weighted by molar-refractivity contribution is 5.74. The van der Waals surface area contributed by atoms with Crippen molar-refractivity contribution in [3.8, 4) is 0 Å². The van der Waals surface area contributed by atoms with Crippen molar-refractivity contribution in [3.63, 3.8) is 0 Å². The molecular weight excluding hydrogens is 244 g/mol. The number of hydrogen-bond acceptors (Lipinski definition) is 3. The van der Waals surface area contributed by atoms with Crippen LogP contribution < -0.4 is 0 Å². The first-order valence-corrected chi connectivity index (χ1v) is 6.53. The molecule has 0 saturated carbocycles. The summed E-state index contributed by atoms with van der Waals surface area (Å²) in [5.41, 5.74) is 1.64. The number of likely N-dealkylation sites (tertiary alicyclic amines) is 1.